The van der Waals surface area contributed by atoms with Crippen molar-refractivity contribution in [2.24, 2.45) is 11.3 Å². The van der Waals surface area contributed by atoms with E-state index in [1.54, 1.807) is 0 Å². The van der Waals surface area contributed by atoms with Crippen molar-refractivity contribution in [2.45, 2.75) is 52.9 Å². The van der Waals surface area contributed by atoms with Gasteiger partial charge >= 0.3 is 5.97 Å². The minimum absolute atomic E-state index is 0.0175. The molecule has 1 atom stereocenters. The highest BCUT2D eigenvalue weighted by atomic mass is 16.5. The van der Waals surface area contributed by atoms with Crippen LogP contribution in [0.3, 0.4) is 0 Å². The van der Waals surface area contributed by atoms with Gasteiger partial charge in [0.1, 0.15) is 5.78 Å². The van der Waals surface area contributed by atoms with Gasteiger partial charge in [-0.3, -0.25) is 9.59 Å². The molecule has 0 saturated heterocycles. The maximum absolute atomic E-state index is 12.3. The molecule has 0 amide bonds. The Morgan fingerprint density at radius 2 is 2.06 bits per heavy atom. The smallest absolute Gasteiger partial charge is 0.305 e. The number of ether oxygens (including phenoxy) is 1. The zero-order chi connectivity index (χ0) is 13.8. The Hall–Kier alpha value is -1.12. The minimum Gasteiger partial charge on any atom is -0.469 e. The van der Waals surface area contributed by atoms with Gasteiger partial charge in [0, 0.05) is 18.8 Å². The Morgan fingerprint density at radius 3 is 2.61 bits per heavy atom. The summed E-state index contributed by atoms with van der Waals surface area (Å²) >= 11 is 0. The molecule has 0 aromatic carbocycles. The van der Waals surface area contributed by atoms with Crippen LogP contribution in [0.25, 0.3) is 0 Å². The fourth-order valence-corrected chi connectivity index (χ4v) is 2.89. The van der Waals surface area contributed by atoms with Crippen molar-refractivity contribution in [1.29, 1.82) is 0 Å². The fourth-order valence-electron chi connectivity index (χ4n) is 2.89. The first-order valence-corrected chi connectivity index (χ1v) is 6.64. The normalized spacial score (nSPS) is 22.2. The summed E-state index contributed by atoms with van der Waals surface area (Å²) in [7, 11) is 1.38. The summed E-state index contributed by atoms with van der Waals surface area (Å²) in [5, 5.41) is 0. The van der Waals surface area contributed by atoms with Crippen LogP contribution in [0.1, 0.15) is 52.9 Å². The predicted molar refractivity (Wildman–Crippen MR) is 71.1 cm³/mol. The molecule has 0 N–H and O–H groups in total. The summed E-state index contributed by atoms with van der Waals surface area (Å²) in [4.78, 5) is 23.3. The van der Waals surface area contributed by atoms with Crippen molar-refractivity contribution in [3.8, 4) is 0 Å². The molecule has 0 aliphatic heterocycles. The van der Waals surface area contributed by atoms with E-state index in [0.29, 0.717) is 19.3 Å². The van der Waals surface area contributed by atoms with Crippen molar-refractivity contribution in [1.82, 2.24) is 0 Å². The standard InChI is InChI=1S/C15H24O3/c1-11-7-6-10-15(2,3)14(11)12(16)8-5-9-13(17)18-4/h7,14H,5-6,8-10H2,1-4H3. The maximum atomic E-state index is 12.3. The lowest BCUT2D eigenvalue weighted by atomic mass is 9.66. The molecule has 1 rings (SSSR count). The molecule has 0 fully saturated rings. The van der Waals surface area contributed by atoms with Crippen molar-refractivity contribution in [3.05, 3.63) is 11.6 Å². The Labute approximate surface area is 110 Å². The summed E-state index contributed by atoms with van der Waals surface area (Å²) in [6.45, 7) is 6.36. The number of Topliss-reactive ketones (excluding diaryl/α,β-unsaturated/α-hetero) is 1. The molecule has 0 aromatic rings. The number of ketones is 1. The molecule has 18 heavy (non-hydrogen) atoms. The highest BCUT2D eigenvalue weighted by Crippen LogP contribution is 2.41. The second kappa shape index (κ2) is 6.17. The van der Waals surface area contributed by atoms with Gasteiger partial charge in [0.15, 0.2) is 0 Å². The number of carbonyl (C=O) groups is 2. The maximum Gasteiger partial charge on any atom is 0.305 e. The number of methoxy groups -OCH3 is 1. The van der Waals surface area contributed by atoms with Crippen LogP contribution in [0, 0.1) is 11.3 Å². The molecular formula is C15H24O3. The second-order valence-corrected chi connectivity index (χ2v) is 5.80. The quantitative estimate of drug-likeness (QED) is 0.557. The van der Waals surface area contributed by atoms with Crippen molar-refractivity contribution in [2.75, 3.05) is 7.11 Å². The van der Waals surface area contributed by atoms with Gasteiger partial charge in [-0.2, -0.15) is 0 Å². The number of hydrogen-bond acceptors (Lipinski definition) is 3. The average molecular weight is 252 g/mol. The molecule has 0 spiro atoms. The summed E-state index contributed by atoms with van der Waals surface area (Å²) < 4.78 is 4.58. The molecular weight excluding hydrogens is 228 g/mol. The van der Waals surface area contributed by atoms with Crippen LogP contribution in [0.5, 0.6) is 0 Å². The van der Waals surface area contributed by atoms with Crippen LogP contribution in [-0.2, 0) is 14.3 Å². The predicted octanol–water partition coefficient (Wildman–Crippen LogP) is 3.28. The van der Waals surface area contributed by atoms with Crippen molar-refractivity contribution < 1.29 is 14.3 Å². The third-order valence-electron chi connectivity index (χ3n) is 3.85. The van der Waals surface area contributed by atoms with Crippen LogP contribution in [0.2, 0.25) is 0 Å². The van der Waals surface area contributed by atoms with E-state index >= 15 is 0 Å². The van der Waals surface area contributed by atoms with Crippen LogP contribution < -0.4 is 0 Å². The third kappa shape index (κ3) is 3.69. The molecule has 0 aromatic heterocycles. The van der Waals surface area contributed by atoms with E-state index in [0.717, 1.165) is 12.8 Å². The Balaban J connectivity index is 2.57. The van der Waals surface area contributed by atoms with Gasteiger partial charge in [0.05, 0.1) is 7.11 Å². The summed E-state index contributed by atoms with van der Waals surface area (Å²) in [6, 6.07) is 0. The summed E-state index contributed by atoms with van der Waals surface area (Å²) in [6.07, 6.45) is 5.68. The van der Waals surface area contributed by atoms with Gasteiger partial charge in [0.2, 0.25) is 0 Å². The molecule has 0 radical (unpaired) electrons. The number of hydrogen-bond donors (Lipinski definition) is 0. The molecule has 0 bridgehead atoms. The molecule has 1 aliphatic carbocycles. The monoisotopic (exact) mass is 252 g/mol. The lowest BCUT2D eigenvalue weighted by Gasteiger charge is -2.37. The minimum atomic E-state index is -0.238. The van der Waals surface area contributed by atoms with Gasteiger partial charge in [-0.15, -0.1) is 0 Å². The Kier molecular flexibility index (Phi) is 5.12. The zero-order valence-electron chi connectivity index (χ0n) is 11.9. The highest BCUT2D eigenvalue weighted by Gasteiger charge is 2.37. The summed E-state index contributed by atoms with van der Waals surface area (Å²) in [5.41, 5.74) is 1.23. The first-order chi connectivity index (χ1) is 8.38. The largest absolute Gasteiger partial charge is 0.469 e. The van der Waals surface area contributed by atoms with Gasteiger partial charge in [-0.25, -0.2) is 0 Å². The number of allylic oxidation sites excluding steroid dienone is 2. The van der Waals surface area contributed by atoms with Gasteiger partial charge in [0.25, 0.3) is 0 Å². The van der Waals surface area contributed by atoms with E-state index in [2.05, 4.69) is 24.7 Å². The van der Waals surface area contributed by atoms with Gasteiger partial charge in [-0.1, -0.05) is 25.5 Å². The van der Waals surface area contributed by atoms with Crippen LogP contribution in [-0.4, -0.2) is 18.9 Å². The molecule has 1 aliphatic rings. The van der Waals surface area contributed by atoms with Crippen LogP contribution in [0.4, 0.5) is 0 Å². The zero-order valence-corrected chi connectivity index (χ0v) is 11.9. The molecule has 1 unspecified atom stereocenters. The van der Waals surface area contributed by atoms with Crippen LogP contribution >= 0.6 is 0 Å². The van der Waals surface area contributed by atoms with Gasteiger partial charge < -0.3 is 4.74 Å². The lowest BCUT2D eigenvalue weighted by molar-refractivity contribution is -0.140. The Morgan fingerprint density at radius 1 is 1.39 bits per heavy atom. The van der Waals surface area contributed by atoms with Crippen molar-refractivity contribution in [3.63, 3.8) is 0 Å². The van der Waals surface area contributed by atoms with E-state index in [1.807, 2.05) is 6.92 Å². The Bertz CT molecular complexity index is 353. The molecule has 0 heterocycles. The topological polar surface area (TPSA) is 43.4 Å². The summed E-state index contributed by atoms with van der Waals surface area (Å²) in [5.74, 6) is 0.0409. The number of carbonyl (C=O) groups excluding carboxylic acids is 2. The van der Waals surface area contributed by atoms with E-state index in [-0.39, 0.29) is 23.1 Å². The second-order valence-electron chi connectivity index (χ2n) is 5.80. The number of rotatable bonds is 5. The first kappa shape index (κ1) is 14.9. The number of esters is 1. The fraction of sp³-hybridized carbons (Fsp3) is 0.733. The highest BCUT2D eigenvalue weighted by molar-refractivity contribution is 5.85. The molecule has 3 heteroatoms. The average Bonchev–Trinajstić information content (AvgIpc) is 2.27. The molecule has 3 nitrogen and oxygen atoms in total. The van der Waals surface area contributed by atoms with Crippen molar-refractivity contribution >= 4 is 11.8 Å². The first-order valence-electron chi connectivity index (χ1n) is 6.64. The SMILES string of the molecule is COC(=O)CCCC(=O)C1C(C)=CCCC1(C)C. The molecule has 0 saturated carbocycles. The van der Waals surface area contributed by atoms with Crippen LogP contribution in [0.15, 0.2) is 11.6 Å². The van der Waals surface area contributed by atoms with E-state index in [1.165, 1.54) is 12.7 Å². The third-order valence-corrected chi connectivity index (χ3v) is 3.85. The van der Waals surface area contributed by atoms with E-state index in [4.69, 9.17) is 0 Å². The lowest BCUT2D eigenvalue weighted by Crippen LogP contribution is -2.34. The van der Waals surface area contributed by atoms with E-state index < -0.39 is 0 Å². The molecule has 102 valence electrons. The van der Waals surface area contributed by atoms with E-state index in [9.17, 15) is 9.59 Å². The van der Waals surface area contributed by atoms with Gasteiger partial charge in [-0.05, 0) is 31.6 Å².